The van der Waals surface area contributed by atoms with E-state index in [-0.39, 0.29) is 11.7 Å². The molecule has 5 nitrogen and oxygen atoms in total. The zero-order valence-corrected chi connectivity index (χ0v) is 11.1. The van der Waals surface area contributed by atoms with Gasteiger partial charge in [-0.05, 0) is 30.2 Å². The van der Waals surface area contributed by atoms with Crippen LogP contribution < -0.4 is 5.32 Å². The SMILES string of the molecule is CCC(c1ccc(O)cc1)C(Nc1ccco1)C(=O)O. The molecule has 0 saturated heterocycles. The summed E-state index contributed by atoms with van der Waals surface area (Å²) in [4.78, 5) is 11.5. The topological polar surface area (TPSA) is 82.7 Å². The second-order valence-corrected chi connectivity index (χ2v) is 4.54. The maximum absolute atomic E-state index is 11.5. The molecule has 0 amide bonds. The van der Waals surface area contributed by atoms with Crippen LogP contribution in [-0.2, 0) is 4.79 Å². The lowest BCUT2D eigenvalue weighted by Gasteiger charge is -2.24. The van der Waals surface area contributed by atoms with Gasteiger partial charge in [-0.2, -0.15) is 0 Å². The molecule has 2 unspecified atom stereocenters. The van der Waals surface area contributed by atoms with Crippen molar-refractivity contribution in [2.24, 2.45) is 0 Å². The Balaban J connectivity index is 2.25. The molecule has 106 valence electrons. The normalized spacial score (nSPS) is 13.7. The van der Waals surface area contributed by atoms with Crippen molar-refractivity contribution in [3.63, 3.8) is 0 Å². The number of aliphatic carboxylic acids is 1. The molecule has 0 aliphatic heterocycles. The first-order chi connectivity index (χ1) is 9.61. The Hall–Kier alpha value is -2.43. The lowest BCUT2D eigenvalue weighted by Crippen LogP contribution is -2.35. The van der Waals surface area contributed by atoms with E-state index >= 15 is 0 Å². The molecule has 1 heterocycles. The van der Waals surface area contributed by atoms with Crippen LogP contribution in [0.4, 0.5) is 5.88 Å². The van der Waals surface area contributed by atoms with E-state index < -0.39 is 12.0 Å². The van der Waals surface area contributed by atoms with Crippen molar-refractivity contribution in [1.29, 1.82) is 0 Å². The molecule has 0 aliphatic rings. The minimum Gasteiger partial charge on any atom is -0.508 e. The number of benzene rings is 1. The number of nitrogens with one attached hydrogen (secondary N) is 1. The Morgan fingerprint density at radius 2 is 2.00 bits per heavy atom. The minimum absolute atomic E-state index is 0.162. The monoisotopic (exact) mass is 275 g/mol. The van der Waals surface area contributed by atoms with Crippen LogP contribution in [0.3, 0.4) is 0 Å². The van der Waals surface area contributed by atoms with Gasteiger partial charge < -0.3 is 19.9 Å². The summed E-state index contributed by atoms with van der Waals surface area (Å²) in [6.07, 6.45) is 2.14. The zero-order valence-electron chi connectivity index (χ0n) is 11.1. The Bertz CT molecular complexity index is 548. The van der Waals surface area contributed by atoms with Gasteiger partial charge in [0, 0.05) is 12.0 Å². The Morgan fingerprint density at radius 3 is 2.50 bits per heavy atom. The van der Waals surface area contributed by atoms with Crippen LogP contribution in [0.15, 0.2) is 47.1 Å². The summed E-state index contributed by atoms with van der Waals surface area (Å²) in [5.74, 6) is -0.580. The van der Waals surface area contributed by atoms with Gasteiger partial charge in [0.05, 0.1) is 6.26 Å². The number of carbonyl (C=O) groups is 1. The second-order valence-electron chi connectivity index (χ2n) is 4.54. The van der Waals surface area contributed by atoms with E-state index in [2.05, 4.69) is 5.32 Å². The van der Waals surface area contributed by atoms with Crippen LogP contribution in [0.2, 0.25) is 0 Å². The molecule has 2 atom stereocenters. The van der Waals surface area contributed by atoms with E-state index in [0.29, 0.717) is 12.3 Å². The molecular weight excluding hydrogens is 258 g/mol. The summed E-state index contributed by atoms with van der Waals surface area (Å²) < 4.78 is 5.15. The molecule has 0 fully saturated rings. The van der Waals surface area contributed by atoms with Gasteiger partial charge >= 0.3 is 5.97 Å². The highest BCUT2D eigenvalue weighted by molar-refractivity contribution is 5.78. The van der Waals surface area contributed by atoms with Gasteiger partial charge in [0.1, 0.15) is 11.8 Å². The molecule has 20 heavy (non-hydrogen) atoms. The molecule has 1 aromatic heterocycles. The molecule has 2 rings (SSSR count). The first kappa shape index (κ1) is 14.0. The van der Waals surface area contributed by atoms with Crippen LogP contribution in [0, 0.1) is 0 Å². The molecule has 0 spiro atoms. The number of furan rings is 1. The van der Waals surface area contributed by atoms with E-state index in [1.54, 1.807) is 36.4 Å². The van der Waals surface area contributed by atoms with Crippen molar-refractivity contribution in [2.45, 2.75) is 25.3 Å². The third kappa shape index (κ3) is 3.12. The molecule has 1 aromatic carbocycles. The number of hydrogen-bond acceptors (Lipinski definition) is 4. The Kier molecular flexibility index (Phi) is 4.30. The molecule has 2 aromatic rings. The van der Waals surface area contributed by atoms with Crippen molar-refractivity contribution in [3.8, 4) is 5.75 Å². The fraction of sp³-hybridized carbons (Fsp3) is 0.267. The highest BCUT2D eigenvalue weighted by Crippen LogP contribution is 2.27. The van der Waals surface area contributed by atoms with E-state index in [0.717, 1.165) is 5.56 Å². The highest BCUT2D eigenvalue weighted by Gasteiger charge is 2.28. The van der Waals surface area contributed by atoms with E-state index in [1.165, 1.54) is 6.26 Å². The van der Waals surface area contributed by atoms with Crippen molar-refractivity contribution < 1.29 is 19.4 Å². The Labute approximate surface area is 116 Å². The van der Waals surface area contributed by atoms with Crippen LogP contribution in [0.1, 0.15) is 24.8 Å². The van der Waals surface area contributed by atoms with Gasteiger partial charge in [-0.1, -0.05) is 19.1 Å². The molecule has 0 bridgehead atoms. The largest absolute Gasteiger partial charge is 0.508 e. The first-order valence-electron chi connectivity index (χ1n) is 6.43. The quantitative estimate of drug-likeness (QED) is 0.754. The third-order valence-electron chi connectivity index (χ3n) is 3.25. The number of hydrogen-bond donors (Lipinski definition) is 3. The maximum Gasteiger partial charge on any atom is 0.326 e. The first-order valence-corrected chi connectivity index (χ1v) is 6.43. The smallest absolute Gasteiger partial charge is 0.326 e. The number of rotatable bonds is 6. The van der Waals surface area contributed by atoms with Crippen LogP contribution >= 0.6 is 0 Å². The summed E-state index contributed by atoms with van der Waals surface area (Å²) in [6.45, 7) is 1.93. The zero-order chi connectivity index (χ0) is 14.5. The lowest BCUT2D eigenvalue weighted by atomic mass is 9.89. The third-order valence-corrected chi connectivity index (χ3v) is 3.25. The summed E-state index contributed by atoms with van der Waals surface area (Å²) in [5.41, 5.74) is 0.858. The average Bonchev–Trinajstić information content (AvgIpc) is 2.93. The lowest BCUT2D eigenvalue weighted by molar-refractivity contribution is -0.138. The Morgan fingerprint density at radius 1 is 1.30 bits per heavy atom. The van der Waals surface area contributed by atoms with Gasteiger partial charge in [-0.25, -0.2) is 4.79 Å². The summed E-state index contributed by atoms with van der Waals surface area (Å²) in [5, 5.41) is 21.6. The van der Waals surface area contributed by atoms with Crippen LogP contribution in [-0.4, -0.2) is 22.2 Å². The van der Waals surface area contributed by atoms with Gasteiger partial charge in [-0.3, -0.25) is 0 Å². The molecule has 5 heteroatoms. The molecule has 3 N–H and O–H groups in total. The van der Waals surface area contributed by atoms with Crippen molar-refractivity contribution in [1.82, 2.24) is 0 Å². The molecule has 0 saturated carbocycles. The standard InChI is InChI=1S/C15H17NO4/c1-2-12(10-5-7-11(17)8-6-10)14(15(18)19)16-13-4-3-9-20-13/h3-9,12,14,16-17H,2H2,1H3,(H,18,19). The predicted molar refractivity (Wildman–Crippen MR) is 74.9 cm³/mol. The van der Waals surface area contributed by atoms with Gasteiger partial charge in [-0.15, -0.1) is 0 Å². The fourth-order valence-electron chi connectivity index (χ4n) is 2.23. The summed E-state index contributed by atoms with van der Waals surface area (Å²) in [6, 6.07) is 9.18. The highest BCUT2D eigenvalue weighted by atomic mass is 16.4. The number of anilines is 1. The van der Waals surface area contributed by atoms with Gasteiger partial charge in [0.15, 0.2) is 5.88 Å². The predicted octanol–water partition coefficient (Wildman–Crippen LogP) is 3.04. The molecular formula is C15H17NO4. The maximum atomic E-state index is 11.5. The van der Waals surface area contributed by atoms with Crippen LogP contribution in [0.25, 0.3) is 0 Å². The second kappa shape index (κ2) is 6.14. The number of carboxylic acid groups (broad SMARTS) is 1. The number of phenols is 1. The number of phenolic OH excluding ortho intramolecular Hbond substituents is 1. The number of carboxylic acids is 1. The molecule has 0 aliphatic carbocycles. The van der Waals surface area contributed by atoms with E-state index in [4.69, 9.17) is 4.42 Å². The van der Waals surface area contributed by atoms with Gasteiger partial charge in [0.2, 0.25) is 0 Å². The van der Waals surface area contributed by atoms with E-state index in [1.807, 2.05) is 6.92 Å². The summed E-state index contributed by atoms with van der Waals surface area (Å²) >= 11 is 0. The minimum atomic E-state index is -0.943. The summed E-state index contributed by atoms with van der Waals surface area (Å²) in [7, 11) is 0. The van der Waals surface area contributed by atoms with Crippen LogP contribution in [0.5, 0.6) is 5.75 Å². The van der Waals surface area contributed by atoms with Crippen molar-refractivity contribution >= 4 is 11.9 Å². The number of aromatic hydroxyl groups is 1. The molecule has 0 radical (unpaired) electrons. The fourth-order valence-corrected chi connectivity index (χ4v) is 2.23. The van der Waals surface area contributed by atoms with Crippen molar-refractivity contribution in [3.05, 3.63) is 48.2 Å². The average molecular weight is 275 g/mol. The van der Waals surface area contributed by atoms with Gasteiger partial charge in [0.25, 0.3) is 0 Å². The van der Waals surface area contributed by atoms with Crippen molar-refractivity contribution in [2.75, 3.05) is 5.32 Å². The van der Waals surface area contributed by atoms with E-state index in [9.17, 15) is 15.0 Å².